The molecule has 1 rings (SSSR count). The van der Waals surface area contributed by atoms with Crippen molar-refractivity contribution in [2.75, 3.05) is 26.3 Å². The molecule has 19 heavy (non-hydrogen) atoms. The SMILES string of the molecule is O=C(O)CC1CCCN1C(=O)NCCOCC(F)F. The highest BCUT2D eigenvalue weighted by molar-refractivity contribution is 5.76. The number of carboxylic acid groups (broad SMARTS) is 1. The summed E-state index contributed by atoms with van der Waals surface area (Å²) in [6.07, 6.45) is -1.15. The smallest absolute Gasteiger partial charge is 0.317 e. The van der Waals surface area contributed by atoms with Gasteiger partial charge in [-0.2, -0.15) is 0 Å². The zero-order valence-corrected chi connectivity index (χ0v) is 10.5. The fourth-order valence-electron chi connectivity index (χ4n) is 2.02. The summed E-state index contributed by atoms with van der Waals surface area (Å²) in [6.45, 7) is -0.00173. The lowest BCUT2D eigenvalue weighted by Crippen LogP contribution is -2.44. The van der Waals surface area contributed by atoms with Crippen molar-refractivity contribution in [3.05, 3.63) is 0 Å². The molecular weight excluding hydrogens is 262 g/mol. The average molecular weight is 280 g/mol. The Balaban J connectivity index is 2.22. The van der Waals surface area contributed by atoms with E-state index in [9.17, 15) is 18.4 Å². The average Bonchev–Trinajstić information content (AvgIpc) is 2.75. The lowest BCUT2D eigenvalue weighted by molar-refractivity contribution is -0.137. The van der Waals surface area contributed by atoms with E-state index in [1.165, 1.54) is 4.90 Å². The minimum Gasteiger partial charge on any atom is -0.481 e. The summed E-state index contributed by atoms with van der Waals surface area (Å²) in [5.41, 5.74) is 0. The van der Waals surface area contributed by atoms with Gasteiger partial charge in [0.25, 0.3) is 6.43 Å². The summed E-state index contributed by atoms with van der Waals surface area (Å²) in [4.78, 5) is 23.9. The summed E-state index contributed by atoms with van der Waals surface area (Å²) in [5.74, 6) is -0.940. The molecule has 1 heterocycles. The fourth-order valence-corrected chi connectivity index (χ4v) is 2.02. The molecule has 1 unspecified atom stereocenters. The molecule has 8 heteroatoms. The van der Waals surface area contributed by atoms with Gasteiger partial charge >= 0.3 is 12.0 Å². The molecule has 1 aliphatic heterocycles. The van der Waals surface area contributed by atoms with E-state index in [-0.39, 0.29) is 31.6 Å². The number of ether oxygens (including phenoxy) is 1. The first-order chi connectivity index (χ1) is 9.00. The topological polar surface area (TPSA) is 78.9 Å². The zero-order chi connectivity index (χ0) is 14.3. The number of urea groups is 1. The standard InChI is InChI=1S/C11H18F2N2O4/c12-9(13)7-19-5-3-14-11(18)15-4-1-2-8(15)6-10(16)17/h8-9H,1-7H2,(H,14,18)(H,16,17). The quantitative estimate of drug-likeness (QED) is 0.680. The minimum absolute atomic E-state index is 0.00746. The molecule has 1 atom stereocenters. The van der Waals surface area contributed by atoms with Crippen LogP contribution in [0.1, 0.15) is 19.3 Å². The van der Waals surface area contributed by atoms with Gasteiger partial charge in [-0.25, -0.2) is 13.6 Å². The summed E-state index contributed by atoms with van der Waals surface area (Å²) in [7, 11) is 0. The molecule has 1 fully saturated rings. The van der Waals surface area contributed by atoms with E-state index in [0.717, 1.165) is 6.42 Å². The van der Waals surface area contributed by atoms with Crippen LogP contribution in [0.15, 0.2) is 0 Å². The predicted octanol–water partition coefficient (Wildman–Crippen LogP) is 0.917. The molecule has 0 aromatic rings. The summed E-state index contributed by atoms with van der Waals surface area (Å²) >= 11 is 0. The van der Waals surface area contributed by atoms with Crippen LogP contribution in [0, 0.1) is 0 Å². The Kier molecular flexibility index (Phi) is 6.48. The molecule has 0 aliphatic carbocycles. The van der Waals surface area contributed by atoms with E-state index in [4.69, 9.17) is 5.11 Å². The highest BCUT2D eigenvalue weighted by Gasteiger charge is 2.30. The van der Waals surface area contributed by atoms with Gasteiger partial charge < -0.3 is 20.1 Å². The van der Waals surface area contributed by atoms with E-state index in [1.54, 1.807) is 0 Å². The van der Waals surface area contributed by atoms with Gasteiger partial charge in [-0.1, -0.05) is 0 Å². The Hall–Kier alpha value is -1.44. The Morgan fingerprint density at radius 2 is 2.21 bits per heavy atom. The van der Waals surface area contributed by atoms with E-state index in [2.05, 4.69) is 10.1 Å². The van der Waals surface area contributed by atoms with Crippen molar-refractivity contribution in [3.8, 4) is 0 Å². The summed E-state index contributed by atoms with van der Waals surface area (Å²) in [6, 6.07) is -0.663. The number of aliphatic carboxylic acids is 1. The van der Waals surface area contributed by atoms with Crippen molar-refractivity contribution in [1.82, 2.24) is 10.2 Å². The van der Waals surface area contributed by atoms with E-state index < -0.39 is 19.0 Å². The van der Waals surface area contributed by atoms with Crippen LogP contribution < -0.4 is 5.32 Å². The maximum absolute atomic E-state index is 11.8. The maximum Gasteiger partial charge on any atom is 0.317 e. The molecule has 6 nitrogen and oxygen atoms in total. The van der Waals surface area contributed by atoms with Crippen LogP contribution in [0.5, 0.6) is 0 Å². The monoisotopic (exact) mass is 280 g/mol. The lowest BCUT2D eigenvalue weighted by Gasteiger charge is -2.23. The highest BCUT2D eigenvalue weighted by Crippen LogP contribution is 2.19. The van der Waals surface area contributed by atoms with Gasteiger partial charge in [-0.15, -0.1) is 0 Å². The molecule has 2 amide bonds. The third-order valence-electron chi connectivity index (χ3n) is 2.81. The number of nitrogens with zero attached hydrogens (tertiary/aromatic N) is 1. The van der Waals surface area contributed by atoms with Crippen molar-refractivity contribution in [3.63, 3.8) is 0 Å². The molecule has 0 saturated carbocycles. The van der Waals surface area contributed by atoms with Gasteiger partial charge in [0.15, 0.2) is 0 Å². The van der Waals surface area contributed by atoms with Crippen molar-refractivity contribution in [1.29, 1.82) is 0 Å². The number of carboxylic acids is 1. The third-order valence-corrected chi connectivity index (χ3v) is 2.81. The lowest BCUT2D eigenvalue weighted by atomic mass is 10.1. The number of nitrogens with one attached hydrogen (secondary N) is 1. The van der Waals surface area contributed by atoms with Crippen molar-refractivity contribution >= 4 is 12.0 Å². The van der Waals surface area contributed by atoms with Crippen molar-refractivity contribution in [2.24, 2.45) is 0 Å². The highest BCUT2D eigenvalue weighted by atomic mass is 19.3. The van der Waals surface area contributed by atoms with Gasteiger partial charge in [0.05, 0.1) is 13.0 Å². The molecule has 2 N–H and O–H groups in total. The predicted molar refractivity (Wildman–Crippen MR) is 62.2 cm³/mol. The fraction of sp³-hybridized carbons (Fsp3) is 0.818. The van der Waals surface area contributed by atoms with Crippen LogP contribution in [0.2, 0.25) is 0 Å². The number of amides is 2. The normalized spacial score (nSPS) is 18.9. The first kappa shape index (κ1) is 15.6. The molecule has 0 aromatic heterocycles. The van der Waals surface area contributed by atoms with Gasteiger partial charge in [-0.3, -0.25) is 4.79 Å². The van der Waals surface area contributed by atoms with E-state index >= 15 is 0 Å². The van der Waals surface area contributed by atoms with Crippen LogP contribution in [-0.4, -0.2) is 60.8 Å². The molecular formula is C11H18F2N2O4. The van der Waals surface area contributed by atoms with Gasteiger partial charge in [0, 0.05) is 19.1 Å². The molecule has 110 valence electrons. The Bertz CT molecular complexity index is 315. The van der Waals surface area contributed by atoms with E-state index in [0.29, 0.717) is 13.0 Å². The third kappa shape index (κ3) is 5.82. The second kappa shape index (κ2) is 7.88. The van der Waals surface area contributed by atoms with Gasteiger partial charge in [-0.05, 0) is 12.8 Å². The number of hydrogen-bond donors (Lipinski definition) is 2. The van der Waals surface area contributed by atoms with Crippen LogP contribution >= 0.6 is 0 Å². The Labute approximate surface area is 109 Å². The number of halogens is 2. The first-order valence-corrected chi connectivity index (χ1v) is 6.13. The second-order valence-electron chi connectivity index (χ2n) is 4.29. The molecule has 1 aliphatic rings. The Morgan fingerprint density at radius 1 is 1.47 bits per heavy atom. The zero-order valence-electron chi connectivity index (χ0n) is 10.5. The number of hydrogen-bond acceptors (Lipinski definition) is 3. The largest absolute Gasteiger partial charge is 0.481 e. The van der Waals surface area contributed by atoms with Crippen LogP contribution in [0.4, 0.5) is 13.6 Å². The maximum atomic E-state index is 11.8. The Morgan fingerprint density at radius 3 is 2.84 bits per heavy atom. The molecule has 1 saturated heterocycles. The molecule has 0 aromatic carbocycles. The van der Waals surface area contributed by atoms with E-state index in [1.807, 2.05) is 0 Å². The van der Waals surface area contributed by atoms with Gasteiger partial charge in [0.1, 0.15) is 6.61 Å². The van der Waals surface area contributed by atoms with Crippen LogP contribution in [-0.2, 0) is 9.53 Å². The number of carbonyl (C=O) groups is 2. The molecule has 0 spiro atoms. The number of rotatable bonds is 7. The minimum atomic E-state index is -2.52. The second-order valence-corrected chi connectivity index (χ2v) is 4.29. The van der Waals surface area contributed by atoms with Gasteiger partial charge in [0.2, 0.25) is 0 Å². The summed E-state index contributed by atoms with van der Waals surface area (Å²) in [5, 5.41) is 11.2. The number of carbonyl (C=O) groups excluding carboxylic acids is 1. The number of alkyl halides is 2. The molecule has 0 radical (unpaired) electrons. The first-order valence-electron chi connectivity index (χ1n) is 6.13. The number of likely N-dealkylation sites (tertiary alicyclic amines) is 1. The molecule has 0 bridgehead atoms. The van der Waals surface area contributed by atoms with Crippen LogP contribution in [0.25, 0.3) is 0 Å². The van der Waals surface area contributed by atoms with Crippen molar-refractivity contribution in [2.45, 2.75) is 31.7 Å². The summed E-state index contributed by atoms with van der Waals surface area (Å²) < 4.78 is 28.1. The van der Waals surface area contributed by atoms with Crippen molar-refractivity contribution < 1.29 is 28.2 Å². The van der Waals surface area contributed by atoms with Crippen LogP contribution in [0.3, 0.4) is 0 Å².